The molecule has 0 radical (unpaired) electrons. The Hall–Kier alpha value is -2.38. The lowest BCUT2D eigenvalue weighted by molar-refractivity contribution is 0.239. The van der Waals surface area contributed by atoms with Crippen LogP contribution in [0.4, 0.5) is 5.95 Å². The first-order chi connectivity index (χ1) is 14.1. The van der Waals surface area contributed by atoms with Crippen molar-refractivity contribution >= 4 is 5.95 Å². The summed E-state index contributed by atoms with van der Waals surface area (Å²) in [6, 6.07) is 5.91. The Bertz CT molecular complexity index is 927. The van der Waals surface area contributed by atoms with Crippen LogP contribution in [0, 0.1) is 5.92 Å². The average molecular weight is 399 g/mol. The van der Waals surface area contributed by atoms with E-state index in [0.717, 1.165) is 55.0 Å². The molecule has 0 amide bonds. The number of nitrogens with one attached hydrogen (secondary N) is 1. The zero-order valence-electron chi connectivity index (χ0n) is 17.3. The van der Waals surface area contributed by atoms with Gasteiger partial charge in [0.2, 0.25) is 5.95 Å². The number of fused-ring (bicyclic) bond motifs is 1. The summed E-state index contributed by atoms with van der Waals surface area (Å²) in [4.78, 5) is 25.0. The maximum atomic E-state index is 12.6. The van der Waals surface area contributed by atoms with Crippen LogP contribution in [0.25, 0.3) is 0 Å². The number of hydrogen-bond donors (Lipinski definition) is 2. The molecule has 1 unspecified atom stereocenters. The van der Waals surface area contributed by atoms with Crippen molar-refractivity contribution in [2.45, 2.75) is 45.9 Å². The number of aromatic amines is 1. The number of aliphatic hydroxyl groups is 1. The van der Waals surface area contributed by atoms with Crippen LogP contribution in [0.15, 0.2) is 23.0 Å². The second-order valence-corrected chi connectivity index (χ2v) is 8.27. The van der Waals surface area contributed by atoms with Crippen LogP contribution in [0.5, 0.6) is 5.75 Å². The second-order valence-electron chi connectivity index (χ2n) is 8.27. The van der Waals surface area contributed by atoms with Crippen molar-refractivity contribution in [2.24, 2.45) is 5.92 Å². The van der Waals surface area contributed by atoms with Crippen molar-refractivity contribution < 1.29 is 9.84 Å². The summed E-state index contributed by atoms with van der Waals surface area (Å²) < 4.78 is 5.29. The molecule has 29 heavy (non-hydrogen) atoms. The molecule has 1 aromatic heterocycles. The minimum Gasteiger partial charge on any atom is -0.496 e. The molecule has 0 saturated carbocycles. The van der Waals surface area contributed by atoms with E-state index in [1.165, 1.54) is 6.42 Å². The van der Waals surface area contributed by atoms with E-state index in [9.17, 15) is 9.90 Å². The molecule has 4 rings (SSSR count). The van der Waals surface area contributed by atoms with Gasteiger partial charge in [0.15, 0.2) is 0 Å². The van der Waals surface area contributed by atoms with Crippen LogP contribution < -0.4 is 15.2 Å². The van der Waals surface area contributed by atoms with Crippen molar-refractivity contribution in [2.75, 3.05) is 31.6 Å². The summed E-state index contributed by atoms with van der Waals surface area (Å²) in [5.74, 6) is 2.04. The number of H-pyrrole nitrogens is 1. The normalized spacial score (nSPS) is 19.8. The van der Waals surface area contributed by atoms with E-state index >= 15 is 0 Å². The lowest BCUT2D eigenvalue weighted by atomic mass is 10.0. The molecule has 2 aliphatic heterocycles. The lowest BCUT2D eigenvalue weighted by Crippen LogP contribution is -2.39. The van der Waals surface area contributed by atoms with Crippen molar-refractivity contribution in [3.63, 3.8) is 0 Å². The molecule has 2 aromatic rings. The molecule has 156 valence electrons. The minimum atomic E-state index is -0.0472. The smallest absolute Gasteiger partial charge is 0.255 e. The van der Waals surface area contributed by atoms with E-state index in [4.69, 9.17) is 9.72 Å². The van der Waals surface area contributed by atoms with Crippen molar-refractivity contribution in [3.05, 3.63) is 50.9 Å². The fraction of sp³-hybridized carbons (Fsp3) is 0.545. The molecule has 7 nitrogen and oxygen atoms in total. The van der Waals surface area contributed by atoms with Gasteiger partial charge in [0, 0.05) is 43.9 Å². The van der Waals surface area contributed by atoms with Gasteiger partial charge in [0.1, 0.15) is 5.75 Å². The van der Waals surface area contributed by atoms with Gasteiger partial charge >= 0.3 is 0 Å². The third-order valence-electron chi connectivity index (χ3n) is 6.02. The monoisotopic (exact) mass is 398 g/mol. The number of rotatable bonds is 5. The van der Waals surface area contributed by atoms with E-state index in [0.29, 0.717) is 30.6 Å². The summed E-state index contributed by atoms with van der Waals surface area (Å²) >= 11 is 0. The van der Waals surface area contributed by atoms with Crippen molar-refractivity contribution in [1.82, 2.24) is 14.9 Å². The molecule has 1 atom stereocenters. The van der Waals surface area contributed by atoms with Crippen LogP contribution >= 0.6 is 0 Å². The third kappa shape index (κ3) is 4.31. The van der Waals surface area contributed by atoms with Crippen molar-refractivity contribution in [3.8, 4) is 5.75 Å². The molecule has 2 N–H and O–H groups in total. The van der Waals surface area contributed by atoms with Crippen LogP contribution in [0.2, 0.25) is 0 Å². The van der Waals surface area contributed by atoms with Gasteiger partial charge in [-0.05, 0) is 42.9 Å². The fourth-order valence-corrected chi connectivity index (χ4v) is 4.46. The predicted molar refractivity (Wildman–Crippen MR) is 112 cm³/mol. The summed E-state index contributed by atoms with van der Waals surface area (Å²) in [5.41, 5.74) is 3.63. The zero-order valence-corrected chi connectivity index (χ0v) is 17.3. The van der Waals surface area contributed by atoms with Crippen LogP contribution in [-0.2, 0) is 26.1 Å². The predicted octanol–water partition coefficient (Wildman–Crippen LogP) is 2.07. The Balaban J connectivity index is 1.52. The van der Waals surface area contributed by atoms with Gasteiger partial charge in [-0.3, -0.25) is 14.7 Å². The summed E-state index contributed by atoms with van der Waals surface area (Å²) in [6.07, 6.45) is 3.08. The second kappa shape index (κ2) is 8.55. The molecule has 0 bridgehead atoms. The van der Waals surface area contributed by atoms with Gasteiger partial charge in [0.25, 0.3) is 5.56 Å². The van der Waals surface area contributed by atoms with Gasteiger partial charge in [0.05, 0.1) is 19.4 Å². The number of methoxy groups -OCH3 is 1. The van der Waals surface area contributed by atoms with E-state index in [-0.39, 0.29) is 12.2 Å². The number of ether oxygens (including phenoxy) is 1. The molecular formula is C22H30N4O3. The molecule has 3 heterocycles. The fourth-order valence-electron chi connectivity index (χ4n) is 4.46. The molecule has 2 aliphatic rings. The average Bonchev–Trinajstić information content (AvgIpc) is 2.73. The summed E-state index contributed by atoms with van der Waals surface area (Å²) in [5, 5.41) is 9.57. The molecule has 1 aromatic carbocycles. The highest BCUT2D eigenvalue weighted by molar-refractivity contribution is 5.37. The highest BCUT2D eigenvalue weighted by atomic mass is 16.5. The summed E-state index contributed by atoms with van der Waals surface area (Å²) in [6.45, 7) is 6.33. The molecule has 1 fully saturated rings. The van der Waals surface area contributed by atoms with Gasteiger partial charge < -0.3 is 14.7 Å². The number of aliphatic hydroxyl groups excluding tert-OH is 1. The molecule has 7 heteroatoms. The largest absolute Gasteiger partial charge is 0.496 e. The van der Waals surface area contributed by atoms with Crippen LogP contribution in [0.3, 0.4) is 0 Å². The maximum absolute atomic E-state index is 12.6. The van der Waals surface area contributed by atoms with E-state index < -0.39 is 0 Å². The van der Waals surface area contributed by atoms with E-state index in [1.807, 2.05) is 18.2 Å². The first-order valence-electron chi connectivity index (χ1n) is 10.4. The van der Waals surface area contributed by atoms with Crippen molar-refractivity contribution in [1.29, 1.82) is 0 Å². The van der Waals surface area contributed by atoms with Gasteiger partial charge in [-0.1, -0.05) is 13.0 Å². The SMILES string of the molecule is COc1ccc(CN2CCc3c(nc(N4CCCC(C)C4)[nH]c3=O)C2)cc1CO. The van der Waals surface area contributed by atoms with Crippen LogP contribution in [0.1, 0.15) is 42.1 Å². The Morgan fingerprint density at radius 1 is 1.34 bits per heavy atom. The minimum absolute atomic E-state index is 0.00916. The molecule has 0 spiro atoms. The first kappa shape index (κ1) is 19.9. The lowest BCUT2D eigenvalue weighted by Gasteiger charge is -2.33. The highest BCUT2D eigenvalue weighted by Gasteiger charge is 2.24. The topological polar surface area (TPSA) is 81.7 Å². The Morgan fingerprint density at radius 2 is 2.21 bits per heavy atom. The quantitative estimate of drug-likeness (QED) is 0.802. The Morgan fingerprint density at radius 3 is 2.97 bits per heavy atom. The number of benzene rings is 1. The number of anilines is 1. The maximum Gasteiger partial charge on any atom is 0.255 e. The van der Waals surface area contributed by atoms with E-state index in [2.05, 4.69) is 21.7 Å². The number of piperidine rings is 1. The Labute approximate surface area is 171 Å². The van der Waals surface area contributed by atoms with Gasteiger partial charge in [-0.15, -0.1) is 0 Å². The Kier molecular flexibility index (Phi) is 5.87. The first-order valence-corrected chi connectivity index (χ1v) is 10.4. The molecule has 0 aliphatic carbocycles. The standard InChI is InChI=1S/C22H30N4O3/c1-15-4-3-8-26(11-15)22-23-19-13-25(9-7-18(19)21(28)24-22)12-16-5-6-20(29-2)17(10-16)14-27/h5-6,10,15,27H,3-4,7-9,11-14H2,1-2H3,(H,23,24,28). The van der Waals surface area contributed by atoms with E-state index in [1.54, 1.807) is 7.11 Å². The zero-order chi connectivity index (χ0) is 20.4. The number of hydrogen-bond acceptors (Lipinski definition) is 6. The summed E-state index contributed by atoms with van der Waals surface area (Å²) in [7, 11) is 1.61. The highest BCUT2D eigenvalue weighted by Crippen LogP contribution is 2.24. The van der Waals surface area contributed by atoms with Gasteiger partial charge in [-0.25, -0.2) is 4.98 Å². The number of aromatic nitrogens is 2. The third-order valence-corrected chi connectivity index (χ3v) is 6.02. The molecule has 1 saturated heterocycles. The van der Waals surface area contributed by atoms with Gasteiger partial charge in [-0.2, -0.15) is 0 Å². The molecular weight excluding hydrogens is 368 g/mol. The van der Waals surface area contributed by atoms with Crippen LogP contribution in [-0.4, -0.2) is 46.7 Å². The number of nitrogens with zero attached hydrogens (tertiary/aromatic N) is 3.